The Labute approximate surface area is 217 Å². The fourth-order valence-electron chi connectivity index (χ4n) is 9.74. The quantitative estimate of drug-likeness (QED) is 0.289. The molecular formula is C31H48O5. The molecule has 0 spiro atoms. The standard InChI is InChI=1S/C31H48O5/c1-20(9-14-29(34)36-19-35-23-7-5-4-6-8-23)25-12-13-26-24-11-10-21-17-22(32)15-16-30(21,2)27(24)18-28(33)31(25,26)3/h20-21,23-27H,4-19H2,1-3H3. The van der Waals surface area contributed by atoms with Crippen molar-refractivity contribution in [2.24, 2.45) is 46.3 Å². The largest absolute Gasteiger partial charge is 0.438 e. The van der Waals surface area contributed by atoms with Gasteiger partial charge in [0.25, 0.3) is 0 Å². The van der Waals surface area contributed by atoms with Gasteiger partial charge in [0, 0.05) is 31.1 Å². The number of ketones is 2. The second kappa shape index (κ2) is 10.5. The lowest BCUT2D eigenvalue weighted by atomic mass is 9.44. The zero-order valence-corrected chi connectivity index (χ0v) is 22.9. The summed E-state index contributed by atoms with van der Waals surface area (Å²) in [6.45, 7) is 6.98. The maximum atomic E-state index is 13.9. The van der Waals surface area contributed by atoms with Crippen molar-refractivity contribution in [1.29, 1.82) is 0 Å². The summed E-state index contributed by atoms with van der Waals surface area (Å²) in [5.74, 6) is 3.38. The molecule has 5 saturated carbocycles. The summed E-state index contributed by atoms with van der Waals surface area (Å²) < 4.78 is 11.2. The summed E-state index contributed by atoms with van der Waals surface area (Å²) in [5, 5.41) is 0. The average molecular weight is 501 g/mol. The smallest absolute Gasteiger partial charge is 0.307 e. The van der Waals surface area contributed by atoms with Crippen molar-refractivity contribution in [3.63, 3.8) is 0 Å². The third-order valence-electron chi connectivity index (χ3n) is 12.0. The topological polar surface area (TPSA) is 69.7 Å². The number of hydrogen-bond donors (Lipinski definition) is 0. The number of esters is 1. The molecule has 5 fully saturated rings. The highest BCUT2D eigenvalue weighted by molar-refractivity contribution is 5.87. The Hall–Kier alpha value is -1.23. The first-order valence-electron chi connectivity index (χ1n) is 15.1. The van der Waals surface area contributed by atoms with Crippen molar-refractivity contribution in [2.75, 3.05) is 6.79 Å². The first-order valence-corrected chi connectivity index (χ1v) is 15.1. The normalized spacial score (nSPS) is 41.8. The Morgan fingerprint density at radius 3 is 2.53 bits per heavy atom. The van der Waals surface area contributed by atoms with E-state index in [1.165, 1.54) is 25.7 Å². The molecule has 8 unspecified atom stereocenters. The fourth-order valence-corrected chi connectivity index (χ4v) is 9.74. The number of Topliss-reactive ketones (excluding diaryl/α,β-unsaturated/α-hetero) is 2. The summed E-state index contributed by atoms with van der Waals surface area (Å²) >= 11 is 0. The van der Waals surface area contributed by atoms with Crippen molar-refractivity contribution in [3.05, 3.63) is 0 Å². The predicted molar refractivity (Wildman–Crippen MR) is 138 cm³/mol. The van der Waals surface area contributed by atoms with E-state index in [2.05, 4.69) is 20.8 Å². The molecule has 202 valence electrons. The minimum Gasteiger partial charge on any atom is -0.438 e. The number of hydrogen-bond acceptors (Lipinski definition) is 5. The Bertz CT molecular complexity index is 846. The summed E-state index contributed by atoms with van der Waals surface area (Å²) in [4.78, 5) is 38.5. The molecule has 5 aliphatic carbocycles. The molecule has 0 aromatic heterocycles. The van der Waals surface area contributed by atoms with Crippen LogP contribution in [0.1, 0.15) is 117 Å². The first kappa shape index (κ1) is 26.4. The number of fused-ring (bicyclic) bond motifs is 5. The maximum Gasteiger partial charge on any atom is 0.307 e. The van der Waals surface area contributed by atoms with Gasteiger partial charge in [-0.3, -0.25) is 14.4 Å². The van der Waals surface area contributed by atoms with Crippen LogP contribution in [0, 0.1) is 46.3 Å². The highest BCUT2D eigenvalue weighted by Gasteiger charge is 2.63. The van der Waals surface area contributed by atoms with Crippen molar-refractivity contribution in [2.45, 2.75) is 123 Å². The van der Waals surface area contributed by atoms with Crippen LogP contribution >= 0.6 is 0 Å². The Morgan fingerprint density at radius 1 is 0.972 bits per heavy atom. The van der Waals surface area contributed by atoms with Crippen LogP contribution in [0.2, 0.25) is 0 Å². The molecule has 0 bridgehead atoms. The van der Waals surface area contributed by atoms with Crippen LogP contribution in [0.5, 0.6) is 0 Å². The average Bonchev–Trinajstić information content (AvgIpc) is 3.23. The molecule has 5 nitrogen and oxygen atoms in total. The number of carbonyl (C=O) groups excluding carboxylic acids is 3. The number of carbonyl (C=O) groups is 3. The van der Waals surface area contributed by atoms with Crippen LogP contribution in [0.3, 0.4) is 0 Å². The molecular weight excluding hydrogens is 452 g/mol. The molecule has 0 aromatic rings. The zero-order chi connectivity index (χ0) is 25.5. The lowest BCUT2D eigenvalue weighted by Crippen LogP contribution is -2.57. The minimum atomic E-state index is -0.262. The first-order chi connectivity index (χ1) is 17.2. The van der Waals surface area contributed by atoms with E-state index in [0.29, 0.717) is 66.3 Å². The third kappa shape index (κ3) is 4.71. The number of rotatable bonds is 7. The van der Waals surface area contributed by atoms with Crippen LogP contribution < -0.4 is 0 Å². The summed E-state index contributed by atoms with van der Waals surface area (Å²) in [6, 6.07) is 0. The van der Waals surface area contributed by atoms with Gasteiger partial charge in [0.05, 0.1) is 6.10 Å². The summed E-state index contributed by atoms with van der Waals surface area (Å²) in [6.07, 6.45) is 14.9. The van der Waals surface area contributed by atoms with Gasteiger partial charge in [-0.05, 0) is 92.3 Å². The molecule has 0 radical (unpaired) electrons. The van der Waals surface area contributed by atoms with Crippen molar-refractivity contribution in [3.8, 4) is 0 Å². The Morgan fingerprint density at radius 2 is 1.75 bits per heavy atom. The highest BCUT2D eigenvalue weighted by Crippen LogP contribution is 2.67. The van der Waals surface area contributed by atoms with Gasteiger partial charge < -0.3 is 9.47 Å². The molecule has 0 heterocycles. The molecule has 0 aliphatic heterocycles. The van der Waals surface area contributed by atoms with Crippen LogP contribution in [-0.2, 0) is 23.9 Å². The van der Waals surface area contributed by atoms with E-state index in [4.69, 9.17) is 9.47 Å². The van der Waals surface area contributed by atoms with Gasteiger partial charge in [-0.1, -0.05) is 40.0 Å². The van der Waals surface area contributed by atoms with Gasteiger partial charge in [-0.25, -0.2) is 0 Å². The lowest BCUT2D eigenvalue weighted by molar-refractivity contribution is -0.163. The third-order valence-corrected chi connectivity index (χ3v) is 12.0. The van der Waals surface area contributed by atoms with Gasteiger partial charge in [0.15, 0.2) is 6.79 Å². The monoisotopic (exact) mass is 500 g/mol. The van der Waals surface area contributed by atoms with Crippen LogP contribution in [-0.4, -0.2) is 30.4 Å². The fraction of sp³-hybridized carbons (Fsp3) is 0.903. The number of ether oxygens (including phenoxy) is 2. The Balaban J connectivity index is 1.17. The zero-order valence-electron chi connectivity index (χ0n) is 22.9. The van der Waals surface area contributed by atoms with Gasteiger partial charge in [-0.2, -0.15) is 0 Å². The van der Waals surface area contributed by atoms with E-state index in [0.717, 1.165) is 51.4 Å². The van der Waals surface area contributed by atoms with Crippen molar-refractivity contribution >= 4 is 17.5 Å². The van der Waals surface area contributed by atoms with Crippen molar-refractivity contribution in [1.82, 2.24) is 0 Å². The van der Waals surface area contributed by atoms with Gasteiger partial charge in [0.1, 0.15) is 11.6 Å². The second-order valence-electron chi connectivity index (χ2n) is 13.6. The van der Waals surface area contributed by atoms with E-state index in [-0.39, 0.29) is 29.7 Å². The SMILES string of the molecule is CC(CCC(=O)OCOC1CCCCC1)C1CCC2C3CCC4CC(=O)CCC4(C)C3CC(=O)C12C. The summed E-state index contributed by atoms with van der Waals surface area (Å²) in [7, 11) is 0. The van der Waals surface area contributed by atoms with Gasteiger partial charge >= 0.3 is 5.97 Å². The van der Waals surface area contributed by atoms with E-state index in [9.17, 15) is 14.4 Å². The molecule has 5 rings (SSSR count). The van der Waals surface area contributed by atoms with Crippen molar-refractivity contribution < 1.29 is 23.9 Å². The van der Waals surface area contributed by atoms with E-state index >= 15 is 0 Å². The molecule has 8 atom stereocenters. The molecule has 0 aromatic carbocycles. The summed E-state index contributed by atoms with van der Waals surface area (Å²) in [5.41, 5.74) is -0.108. The predicted octanol–water partition coefficient (Wildman–Crippen LogP) is 6.66. The minimum absolute atomic E-state index is 0.0774. The highest BCUT2D eigenvalue weighted by atomic mass is 16.7. The maximum absolute atomic E-state index is 13.9. The molecule has 0 saturated heterocycles. The van der Waals surface area contributed by atoms with Crippen LogP contribution in [0.25, 0.3) is 0 Å². The lowest BCUT2D eigenvalue weighted by Gasteiger charge is -2.59. The second-order valence-corrected chi connectivity index (χ2v) is 13.6. The van der Waals surface area contributed by atoms with Crippen LogP contribution in [0.15, 0.2) is 0 Å². The van der Waals surface area contributed by atoms with E-state index in [1.54, 1.807) is 0 Å². The van der Waals surface area contributed by atoms with E-state index < -0.39 is 0 Å². The van der Waals surface area contributed by atoms with Gasteiger partial charge in [-0.15, -0.1) is 0 Å². The molecule has 5 heteroatoms. The molecule has 0 amide bonds. The Kier molecular flexibility index (Phi) is 7.69. The van der Waals surface area contributed by atoms with Crippen LogP contribution in [0.4, 0.5) is 0 Å². The molecule has 36 heavy (non-hydrogen) atoms. The molecule has 5 aliphatic rings. The van der Waals surface area contributed by atoms with E-state index in [1.807, 2.05) is 0 Å². The molecule has 0 N–H and O–H groups in total. The van der Waals surface area contributed by atoms with Gasteiger partial charge in [0.2, 0.25) is 0 Å².